The third kappa shape index (κ3) is 7.03. The van der Waals surface area contributed by atoms with E-state index in [-0.39, 0.29) is 24.8 Å². The summed E-state index contributed by atoms with van der Waals surface area (Å²) in [5.74, 6) is -1.37. The zero-order valence-electron chi connectivity index (χ0n) is 22.9. The van der Waals surface area contributed by atoms with Gasteiger partial charge in [0, 0.05) is 37.8 Å². The fraction of sp³-hybridized carbons (Fsp3) is 0.206. The molecule has 4 aromatic carbocycles. The molecule has 0 aliphatic carbocycles. The lowest BCUT2D eigenvalue weighted by Gasteiger charge is -2.25. The van der Waals surface area contributed by atoms with Crippen LogP contribution in [0.1, 0.15) is 43.8 Å². The van der Waals surface area contributed by atoms with Gasteiger partial charge in [0.2, 0.25) is 0 Å². The van der Waals surface area contributed by atoms with Gasteiger partial charge in [0.15, 0.2) is 0 Å². The summed E-state index contributed by atoms with van der Waals surface area (Å²) >= 11 is 0. The molecule has 0 atom stereocenters. The van der Waals surface area contributed by atoms with E-state index in [1.54, 1.807) is 35.0 Å². The van der Waals surface area contributed by atoms with E-state index >= 15 is 0 Å². The second-order valence-electron chi connectivity index (χ2n) is 9.85. The molecule has 4 rings (SSSR count). The second-order valence-corrected chi connectivity index (χ2v) is 9.85. The summed E-state index contributed by atoms with van der Waals surface area (Å²) in [5.41, 5.74) is 5.49. The molecule has 2 amide bonds. The third-order valence-corrected chi connectivity index (χ3v) is 7.01. The highest BCUT2D eigenvalue weighted by atomic mass is 16.4. The number of hydrogen-bond donors (Lipinski definition) is 1. The van der Waals surface area contributed by atoms with Crippen LogP contribution in [0.4, 0.5) is 0 Å². The standard InChI is InChI=1S/C34H34N2O4/c1-25-12-6-7-15-27(25)20-22-36(23-21-32(37)38)34(40)31-19-11-9-17-29(31)28-16-8-10-18-30(28)33(39)35(2)24-26-13-4-3-5-14-26/h3-19H,20-24H2,1-2H3,(H,37,38). The van der Waals surface area contributed by atoms with E-state index in [1.807, 2.05) is 91.9 Å². The molecule has 1 N–H and O–H groups in total. The molecular formula is C34H34N2O4. The quantitative estimate of drug-likeness (QED) is 0.252. The molecule has 40 heavy (non-hydrogen) atoms. The van der Waals surface area contributed by atoms with Gasteiger partial charge in [-0.1, -0.05) is 91.0 Å². The largest absolute Gasteiger partial charge is 0.481 e. The van der Waals surface area contributed by atoms with Crippen molar-refractivity contribution in [2.24, 2.45) is 0 Å². The molecule has 4 aromatic rings. The maximum Gasteiger partial charge on any atom is 0.305 e. The van der Waals surface area contributed by atoms with E-state index in [2.05, 4.69) is 0 Å². The predicted octanol–water partition coefficient (Wildman–Crippen LogP) is 6.09. The molecule has 204 valence electrons. The lowest BCUT2D eigenvalue weighted by atomic mass is 9.94. The van der Waals surface area contributed by atoms with Crippen molar-refractivity contribution in [3.63, 3.8) is 0 Å². The van der Waals surface area contributed by atoms with E-state index in [0.717, 1.165) is 16.7 Å². The minimum Gasteiger partial charge on any atom is -0.481 e. The van der Waals surface area contributed by atoms with Crippen LogP contribution in [0.25, 0.3) is 11.1 Å². The Morgan fingerprint density at radius 3 is 1.85 bits per heavy atom. The first-order valence-electron chi connectivity index (χ1n) is 13.4. The van der Waals surface area contributed by atoms with Crippen LogP contribution in [0.5, 0.6) is 0 Å². The van der Waals surface area contributed by atoms with Gasteiger partial charge >= 0.3 is 5.97 Å². The van der Waals surface area contributed by atoms with E-state index in [1.165, 1.54) is 0 Å². The fourth-order valence-electron chi connectivity index (χ4n) is 4.81. The van der Waals surface area contributed by atoms with E-state index < -0.39 is 5.97 Å². The zero-order valence-corrected chi connectivity index (χ0v) is 22.9. The van der Waals surface area contributed by atoms with Crippen LogP contribution in [0.2, 0.25) is 0 Å². The number of carboxylic acids is 1. The predicted molar refractivity (Wildman–Crippen MR) is 157 cm³/mol. The number of aliphatic carboxylic acids is 1. The van der Waals surface area contributed by atoms with Crippen LogP contribution in [0, 0.1) is 6.92 Å². The number of benzene rings is 4. The summed E-state index contributed by atoms with van der Waals surface area (Å²) in [5, 5.41) is 9.35. The molecule has 0 unspecified atom stereocenters. The molecule has 0 heterocycles. The lowest BCUT2D eigenvalue weighted by molar-refractivity contribution is -0.137. The van der Waals surface area contributed by atoms with Gasteiger partial charge in [-0.05, 0) is 53.3 Å². The highest BCUT2D eigenvalue weighted by Crippen LogP contribution is 2.29. The maximum absolute atomic E-state index is 14.0. The lowest BCUT2D eigenvalue weighted by Crippen LogP contribution is -2.35. The highest BCUT2D eigenvalue weighted by molar-refractivity contribution is 6.06. The molecule has 0 spiro atoms. The molecule has 0 radical (unpaired) electrons. The second kappa shape index (κ2) is 13.4. The van der Waals surface area contributed by atoms with Crippen molar-refractivity contribution in [2.75, 3.05) is 20.1 Å². The molecule has 0 aliphatic heterocycles. The number of nitrogens with zero attached hydrogens (tertiary/aromatic N) is 2. The molecule has 6 heteroatoms. The molecule has 0 saturated heterocycles. The molecule has 6 nitrogen and oxygen atoms in total. The minimum absolute atomic E-state index is 0.0920. The van der Waals surface area contributed by atoms with Crippen molar-refractivity contribution in [2.45, 2.75) is 26.3 Å². The Morgan fingerprint density at radius 1 is 0.675 bits per heavy atom. The first-order valence-corrected chi connectivity index (χ1v) is 13.4. The van der Waals surface area contributed by atoms with Gasteiger partial charge in [0.25, 0.3) is 11.8 Å². The summed E-state index contributed by atoms with van der Waals surface area (Å²) in [6.07, 6.45) is 0.459. The Bertz CT molecular complexity index is 1480. The summed E-state index contributed by atoms with van der Waals surface area (Å²) in [4.78, 5) is 42.2. The summed E-state index contributed by atoms with van der Waals surface area (Å²) in [7, 11) is 1.77. The van der Waals surface area contributed by atoms with Gasteiger partial charge < -0.3 is 14.9 Å². The first kappa shape index (κ1) is 28.3. The Hall–Kier alpha value is -4.71. The topological polar surface area (TPSA) is 77.9 Å². The number of rotatable bonds is 11. The number of carboxylic acid groups (broad SMARTS) is 1. The Morgan fingerprint density at radius 2 is 1.23 bits per heavy atom. The van der Waals surface area contributed by atoms with Crippen LogP contribution in [0.15, 0.2) is 103 Å². The molecule has 0 fully saturated rings. The van der Waals surface area contributed by atoms with Crippen molar-refractivity contribution in [3.05, 3.63) is 131 Å². The number of amides is 2. The monoisotopic (exact) mass is 534 g/mol. The van der Waals surface area contributed by atoms with E-state index in [0.29, 0.717) is 41.8 Å². The van der Waals surface area contributed by atoms with E-state index in [4.69, 9.17) is 0 Å². The van der Waals surface area contributed by atoms with Crippen LogP contribution >= 0.6 is 0 Å². The molecule has 0 aromatic heterocycles. The molecule has 0 bridgehead atoms. The average Bonchev–Trinajstić information content (AvgIpc) is 2.97. The van der Waals surface area contributed by atoms with Crippen LogP contribution in [-0.4, -0.2) is 52.8 Å². The number of carbonyl (C=O) groups excluding carboxylic acids is 2. The number of aryl methyl sites for hydroxylation is 1. The number of hydrogen-bond acceptors (Lipinski definition) is 3. The van der Waals surface area contributed by atoms with E-state index in [9.17, 15) is 19.5 Å². The third-order valence-electron chi connectivity index (χ3n) is 7.01. The highest BCUT2D eigenvalue weighted by Gasteiger charge is 2.23. The first-order chi connectivity index (χ1) is 19.3. The Balaban J connectivity index is 1.64. The van der Waals surface area contributed by atoms with Gasteiger partial charge in [0.1, 0.15) is 0 Å². The summed E-state index contributed by atoms with van der Waals surface area (Å²) < 4.78 is 0. The van der Waals surface area contributed by atoms with Crippen LogP contribution in [-0.2, 0) is 17.8 Å². The Kier molecular flexibility index (Phi) is 9.47. The van der Waals surface area contributed by atoms with Gasteiger partial charge in [-0.15, -0.1) is 0 Å². The summed E-state index contributed by atoms with van der Waals surface area (Å²) in [6, 6.07) is 32.3. The van der Waals surface area contributed by atoms with Crippen LogP contribution < -0.4 is 0 Å². The molecule has 0 aliphatic rings. The van der Waals surface area contributed by atoms with Gasteiger partial charge in [-0.3, -0.25) is 14.4 Å². The average molecular weight is 535 g/mol. The van der Waals surface area contributed by atoms with Gasteiger partial charge in [0.05, 0.1) is 6.42 Å². The maximum atomic E-state index is 14.0. The summed E-state index contributed by atoms with van der Waals surface area (Å²) in [6.45, 7) is 2.95. The van der Waals surface area contributed by atoms with Gasteiger partial charge in [-0.25, -0.2) is 0 Å². The normalized spacial score (nSPS) is 10.7. The van der Waals surface area contributed by atoms with Crippen LogP contribution in [0.3, 0.4) is 0 Å². The van der Waals surface area contributed by atoms with Crippen molar-refractivity contribution in [3.8, 4) is 11.1 Å². The van der Waals surface area contributed by atoms with Crippen molar-refractivity contribution < 1.29 is 19.5 Å². The molecular weight excluding hydrogens is 500 g/mol. The SMILES string of the molecule is Cc1ccccc1CCN(CCC(=O)O)C(=O)c1ccccc1-c1ccccc1C(=O)N(C)Cc1ccccc1. The van der Waals surface area contributed by atoms with Crippen molar-refractivity contribution >= 4 is 17.8 Å². The smallest absolute Gasteiger partial charge is 0.305 e. The van der Waals surface area contributed by atoms with Crippen molar-refractivity contribution in [1.29, 1.82) is 0 Å². The molecule has 0 saturated carbocycles. The fourth-order valence-corrected chi connectivity index (χ4v) is 4.81. The minimum atomic E-state index is -0.959. The van der Waals surface area contributed by atoms with Gasteiger partial charge in [-0.2, -0.15) is 0 Å². The zero-order chi connectivity index (χ0) is 28.5. The Labute approximate surface area is 235 Å². The number of carbonyl (C=O) groups is 3. The van der Waals surface area contributed by atoms with Crippen molar-refractivity contribution in [1.82, 2.24) is 9.80 Å².